The Hall–Kier alpha value is -3.99. The second kappa shape index (κ2) is 9.47. The Kier molecular flexibility index (Phi) is 6.11. The Morgan fingerprint density at radius 2 is 1.67 bits per heavy atom. The van der Waals surface area contributed by atoms with E-state index in [2.05, 4.69) is 15.3 Å². The summed E-state index contributed by atoms with van der Waals surface area (Å²) in [5.41, 5.74) is 4.45. The molecule has 1 amide bonds. The van der Waals surface area contributed by atoms with Gasteiger partial charge in [0.1, 0.15) is 12.4 Å². The Balaban J connectivity index is 1.37. The Bertz CT molecular complexity index is 1120. The number of ether oxygens (including phenoxy) is 1. The fourth-order valence-electron chi connectivity index (χ4n) is 3.02. The molecule has 5 nitrogen and oxygen atoms in total. The van der Waals surface area contributed by atoms with Crippen molar-refractivity contribution in [1.29, 1.82) is 0 Å². The summed E-state index contributed by atoms with van der Waals surface area (Å²) in [5, 5.41) is 2.96. The van der Waals surface area contributed by atoms with Crippen molar-refractivity contribution < 1.29 is 9.53 Å². The molecule has 2 aromatic heterocycles. The summed E-state index contributed by atoms with van der Waals surface area (Å²) < 4.78 is 5.82. The number of amides is 1. The molecule has 0 saturated carbocycles. The normalized spacial score (nSPS) is 10.4. The zero-order valence-electron chi connectivity index (χ0n) is 16.4. The maximum atomic E-state index is 12.6. The van der Waals surface area contributed by atoms with E-state index in [1.54, 1.807) is 30.7 Å². The van der Waals surface area contributed by atoms with Gasteiger partial charge in [-0.3, -0.25) is 14.8 Å². The highest BCUT2D eigenvalue weighted by molar-refractivity contribution is 5.94. The highest BCUT2D eigenvalue weighted by Gasteiger charge is 2.08. The number of benzene rings is 2. The van der Waals surface area contributed by atoms with Gasteiger partial charge >= 0.3 is 0 Å². The molecule has 148 valence electrons. The summed E-state index contributed by atoms with van der Waals surface area (Å²) in [6, 6.07) is 24.8. The minimum Gasteiger partial charge on any atom is -0.489 e. The zero-order chi connectivity index (χ0) is 20.6. The minimum atomic E-state index is -0.151. The third-order valence-corrected chi connectivity index (χ3v) is 4.60. The van der Waals surface area contributed by atoms with Gasteiger partial charge in [0.2, 0.25) is 0 Å². The van der Waals surface area contributed by atoms with Crippen LogP contribution in [0.15, 0.2) is 97.5 Å². The van der Waals surface area contributed by atoms with Crippen LogP contribution in [0.2, 0.25) is 0 Å². The van der Waals surface area contributed by atoms with E-state index in [0.717, 1.165) is 22.4 Å². The molecule has 5 heteroatoms. The number of rotatable bonds is 7. The van der Waals surface area contributed by atoms with Crippen molar-refractivity contribution in [3.05, 3.63) is 114 Å². The van der Waals surface area contributed by atoms with Gasteiger partial charge in [-0.25, -0.2) is 0 Å². The Morgan fingerprint density at radius 3 is 2.50 bits per heavy atom. The molecule has 0 unspecified atom stereocenters. The fourth-order valence-corrected chi connectivity index (χ4v) is 3.02. The summed E-state index contributed by atoms with van der Waals surface area (Å²) in [6.07, 6.45) is 5.21. The first kappa shape index (κ1) is 19.3. The second-order valence-corrected chi connectivity index (χ2v) is 6.77. The monoisotopic (exact) mass is 395 g/mol. The van der Waals surface area contributed by atoms with Crippen molar-refractivity contribution in [2.24, 2.45) is 0 Å². The molecular weight excluding hydrogens is 374 g/mol. The zero-order valence-corrected chi connectivity index (χ0v) is 16.4. The summed E-state index contributed by atoms with van der Waals surface area (Å²) in [7, 11) is 0. The largest absolute Gasteiger partial charge is 0.489 e. The standard InChI is InChI=1S/C25H21N3O2/c29-25(22-7-4-8-23(16-22)30-18-19-5-2-1-3-6-19)28-17-20-9-14-27-24(15-20)21-10-12-26-13-11-21/h1-16H,17-18H2,(H,28,29). The first-order valence-electron chi connectivity index (χ1n) is 9.68. The van der Waals surface area contributed by atoms with Gasteiger partial charge in [-0.15, -0.1) is 0 Å². The average molecular weight is 395 g/mol. The van der Waals surface area contributed by atoms with Gasteiger partial charge in [0.15, 0.2) is 0 Å². The number of aromatic nitrogens is 2. The van der Waals surface area contributed by atoms with Crippen LogP contribution in [0.1, 0.15) is 21.5 Å². The molecule has 0 bridgehead atoms. The van der Waals surface area contributed by atoms with Crippen molar-refractivity contribution >= 4 is 5.91 Å². The van der Waals surface area contributed by atoms with Crippen molar-refractivity contribution in [2.75, 3.05) is 0 Å². The van der Waals surface area contributed by atoms with Crippen LogP contribution in [0, 0.1) is 0 Å². The van der Waals surface area contributed by atoms with E-state index < -0.39 is 0 Å². The van der Waals surface area contributed by atoms with Gasteiger partial charge in [0.25, 0.3) is 5.91 Å². The van der Waals surface area contributed by atoms with E-state index in [1.807, 2.05) is 66.7 Å². The highest BCUT2D eigenvalue weighted by atomic mass is 16.5. The van der Waals surface area contributed by atoms with E-state index in [-0.39, 0.29) is 5.91 Å². The smallest absolute Gasteiger partial charge is 0.251 e. The van der Waals surface area contributed by atoms with Gasteiger partial charge in [0.05, 0.1) is 5.69 Å². The molecule has 0 atom stereocenters. The van der Waals surface area contributed by atoms with Gasteiger partial charge in [-0.2, -0.15) is 0 Å². The quantitative estimate of drug-likeness (QED) is 0.495. The minimum absolute atomic E-state index is 0.151. The van der Waals surface area contributed by atoms with Gasteiger partial charge in [0, 0.05) is 36.3 Å². The Morgan fingerprint density at radius 1 is 0.833 bits per heavy atom. The third-order valence-electron chi connectivity index (χ3n) is 4.60. The van der Waals surface area contributed by atoms with Crippen LogP contribution in [0.3, 0.4) is 0 Å². The average Bonchev–Trinajstić information content (AvgIpc) is 2.83. The molecule has 0 spiro atoms. The number of carbonyl (C=O) groups excluding carboxylic acids is 1. The molecule has 0 aliphatic rings. The first-order valence-corrected chi connectivity index (χ1v) is 9.68. The summed E-state index contributed by atoms with van der Waals surface area (Å²) in [5.74, 6) is 0.512. The molecule has 2 aromatic carbocycles. The topological polar surface area (TPSA) is 64.1 Å². The lowest BCUT2D eigenvalue weighted by atomic mass is 10.1. The number of nitrogens with one attached hydrogen (secondary N) is 1. The predicted molar refractivity (Wildman–Crippen MR) is 116 cm³/mol. The molecule has 0 aliphatic carbocycles. The number of pyridine rings is 2. The molecule has 2 heterocycles. The fraction of sp³-hybridized carbons (Fsp3) is 0.0800. The lowest BCUT2D eigenvalue weighted by Crippen LogP contribution is -2.22. The van der Waals surface area contributed by atoms with Crippen LogP contribution in [-0.4, -0.2) is 15.9 Å². The summed E-state index contributed by atoms with van der Waals surface area (Å²) in [4.78, 5) is 21.0. The molecule has 0 aliphatic heterocycles. The molecule has 4 aromatic rings. The van der Waals surface area contributed by atoms with E-state index in [0.29, 0.717) is 24.5 Å². The van der Waals surface area contributed by atoms with Gasteiger partial charge in [-0.05, 0) is 53.6 Å². The predicted octanol–water partition coefficient (Wildman–Crippen LogP) is 4.65. The molecular formula is C25H21N3O2. The molecule has 0 fully saturated rings. The second-order valence-electron chi connectivity index (χ2n) is 6.77. The maximum Gasteiger partial charge on any atom is 0.251 e. The molecule has 1 N–H and O–H groups in total. The van der Waals surface area contributed by atoms with Crippen molar-refractivity contribution in [1.82, 2.24) is 15.3 Å². The third kappa shape index (κ3) is 5.08. The molecule has 0 saturated heterocycles. The lowest BCUT2D eigenvalue weighted by molar-refractivity contribution is 0.0950. The number of hydrogen-bond acceptors (Lipinski definition) is 4. The number of carbonyl (C=O) groups is 1. The van der Waals surface area contributed by atoms with E-state index in [4.69, 9.17) is 4.74 Å². The van der Waals surface area contributed by atoms with Crippen LogP contribution in [0.4, 0.5) is 0 Å². The van der Waals surface area contributed by atoms with Crippen molar-refractivity contribution in [3.63, 3.8) is 0 Å². The lowest BCUT2D eigenvalue weighted by Gasteiger charge is -2.10. The number of nitrogens with zero attached hydrogens (tertiary/aromatic N) is 2. The first-order chi connectivity index (χ1) is 14.8. The SMILES string of the molecule is O=C(NCc1ccnc(-c2ccncc2)c1)c1cccc(OCc2ccccc2)c1. The van der Waals surface area contributed by atoms with E-state index >= 15 is 0 Å². The highest BCUT2D eigenvalue weighted by Crippen LogP contribution is 2.18. The Labute approximate surface area is 175 Å². The molecule has 0 radical (unpaired) electrons. The summed E-state index contributed by atoms with van der Waals surface area (Å²) >= 11 is 0. The molecule has 4 rings (SSSR count). The van der Waals surface area contributed by atoms with Crippen molar-refractivity contribution in [2.45, 2.75) is 13.2 Å². The molecule has 30 heavy (non-hydrogen) atoms. The van der Waals surface area contributed by atoms with E-state index in [9.17, 15) is 4.79 Å². The van der Waals surface area contributed by atoms with Crippen LogP contribution in [0.25, 0.3) is 11.3 Å². The summed E-state index contributed by atoms with van der Waals surface area (Å²) in [6.45, 7) is 0.870. The van der Waals surface area contributed by atoms with Crippen molar-refractivity contribution in [3.8, 4) is 17.0 Å². The maximum absolute atomic E-state index is 12.6. The van der Waals surface area contributed by atoms with Gasteiger partial charge in [-0.1, -0.05) is 36.4 Å². The van der Waals surface area contributed by atoms with Crippen LogP contribution in [0.5, 0.6) is 5.75 Å². The van der Waals surface area contributed by atoms with Crippen LogP contribution >= 0.6 is 0 Å². The van der Waals surface area contributed by atoms with Gasteiger partial charge < -0.3 is 10.1 Å². The van der Waals surface area contributed by atoms with Crippen LogP contribution < -0.4 is 10.1 Å². The van der Waals surface area contributed by atoms with Crippen LogP contribution in [-0.2, 0) is 13.2 Å². The van der Waals surface area contributed by atoms with E-state index in [1.165, 1.54) is 0 Å². The number of hydrogen-bond donors (Lipinski definition) is 1.